The second-order valence-corrected chi connectivity index (χ2v) is 6.57. The van der Waals surface area contributed by atoms with Crippen molar-refractivity contribution in [1.82, 2.24) is 14.6 Å². The molecule has 0 saturated heterocycles. The van der Waals surface area contributed by atoms with Crippen molar-refractivity contribution in [3.05, 3.63) is 24.2 Å². The van der Waals surface area contributed by atoms with Gasteiger partial charge >= 0.3 is 0 Å². The van der Waals surface area contributed by atoms with E-state index in [9.17, 15) is 4.79 Å². The molecule has 3 rings (SSSR count). The highest BCUT2D eigenvalue weighted by atomic mass is 16.1. The first-order valence-electron chi connectivity index (χ1n) is 8.28. The van der Waals surface area contributed by atoms with Crippen molar-refractivity contribution in [3.63, 3.8) is 0 Å². The number of pyridine rings is 1. The fraction of sp³-hybridized carbons (Fsp3) is 0.588. The number of nitrogens with one attached hydrogen (secondary N) is 1. The topological polar surface area (TPSA) is 59.3 Å². The van der Waals surface area contributed by atoms with Gasteiger partial charge in [0.2, 0.25) is 5.91 Å². The van der Waals surface area contributed by atoms with E-state index >= 15 is 0 Å². The lowest BCUT2D eigenvalue weighted by atomic mass is 9.87. The summed E-state index contributed by atoms with van der Waals surface area (Å²) in [5, 5.41) is 7.47. The average molecular weight is 300 g/mol. The largest absolute Gasteiger partial charge is 0.323 e. The van der Waals surface area contributed by atoms with Crippen LogP contribution in [0.5, 0.6) is 0 Å². The molecule has 1 saturated carbocycles. The van der Waals surface area contributed by atoms with Crippen LogP contribution in [-0.2, 0) is 4.79 Å². The molecular formula is C17H24N4O. The minimum atomic E-state index is 0.0918. The molecule has 5 heteroatoms. The Morgan fingerprint density at radius 2 is 2.14 bits per heavy atom. The standard InChI is InChI=1S/C17H24N4O/c1-12(2)16-19-17-14(9-6-10-21(17)20-16)18-15(22)11-13-7-4-3-5-8-13/h6,9-10,12-13H,3-5,7-8,11H2,1-2H3,(H,18,22). The quantitative estimate of drug-likeness (QED) is 0.935. The van der Waals surface area contributed by atoms with Gasteiger partial charge < -0.3 is 5.32 Å². The van der Waals surface area contributed by atoms with Gasteiger partial charge in [-0.2, -0.15) is 5.10 Å². The van der Waals surface area contributed by atoms with Gasteiger partial charge in [0.05, 0.1) is 5.69 Å². The van der Waals surface area contributed by atoms with E-state index in [1.807, 2.05) is 18.3 Å². The molecule has 0 aliphatic heterocycles. The maximum Gasteiger partial charge on any atom is 0.224 e. The number of rotatable bonds is 4. The number of aromatic nitrogens is 3. The molecule has 22 heavy (non-hydrogen) atoms. The number of nitrogens with zero attached hydrogens (tertiary/aromatic N) is 3. The van der Waals surface area contributed by atoms with E-state index < -0.39 is 0 Å². The normalized spacial score (nSPS) is 16.3. The molecule has 2 heterocycles. The van der Waals surface area contributed by atoms with Gasteiger partial charge in [-0.3, -0.25) is 4.79 Å². The molecule has 1 fully saturated rings. The van der Waals surface area contributed by atoms with E-state index in [-0.39, 0.29) is 11.8 Å². The van der Waals surface area contributed by atoms with Gasteiger partial charge in [0, 0.05) is 18.5 Å². The van der Waals surface area contributed by atoms with Gasteiger partial charge in [-0.05, 0) is 30.9 Å². The highest BCUT2D eigenvalue weighted by Crippen LogP contribution is 2.27. The number of hydrogen-bond acceptors (Lipinski definition) is 3. The predicted molar refractivity (Wildman–Crippen MR) is 86.9 cm³/mol. The maximum atomic E-state index is 12.3. The third kappa shape index (κ3) is 3.29. The summed E-state index contributed by atoms with van der Waals surface area (Å²) >= 11 is 0. The Morgan fingerprint density at radius 1 is 1.36 bits per heavy atom. The van der Waals surface area contributed by atoms with Gasteiger partial charge in [-0.1, -0.05) is 33.1 Å². The maximum absolute atomic E-state index is 12.3. The summed E-state index contributed by atoms with van der Waals surface area (Å²) in [5.41, 5.74) is 1.48. The van der Waals surface area contributed by atoms with Crippen LogP contribution >= 0.6 is 0 Å². The highest BCUT2D eigenvalue weighted by Gasteiger charge is 2.18. The lowest BCUT2D eigenvalue weighted by Gasteiger charge is -2.20. The summed E-state index contributed by atoms with van der Waals surface area (Å²) in [5.74, 6) is 1.70. The molecule has 0 unspecified atom stereocenters. The predicted octanol–water partition coefficient (Wildman–Crippen LogP) is 3.76. The van der Waals surface area contributed by atoms with Crippen LogP contribution in [0.1, 0.15) is 64.1 Å². The zero-order valence-corrected chi connectivity index (χ0v) is 13.4. The Morgan fingerprint density at radius 3 is 2.86 bits per heavy atom. The SMILES string of the molecule is CC(C)c1nc2c(NC(=O)CC3CCCCC3)cccn2n1. The van der Waals surface area contributed by atoms with Crippen molar-refractivity contribution >= 4 is 17.2 Å². The Kier molecular flexibility index (Phi) is 4.41. The summed E-state index contributed by atoms with van der Waals surface area (Å²) < 4.78 is 1.74. The smallest absolute Gasteiger partial charge is 0.224 e. The number of carbonyl (C=O) groups is 1. The van der Waals surface area contributed by atoms with Crippen molar-refractivity contribution < 1.29 is 4.79 Å². The third-order valence-electron chi connectivity index (χ3n) is 4.37. The Labute approximate surface area is 131 Å². The molecular weight excluding hydrogens is 276 g/mol. The first-order chi connectivity index (χ1) is 10.6. The summed E-state index contributed by atoms with van der Waals surface area (Å²) in [7, 11) is 0. The number of fused-ring (bicyclic) bond motifs is 1. The average Bonchev–Trinajstić information content (AvgIpc) is 2.93. The molecule has 2 aromatic rings. The van der Waals surface area contributed by atoms with Crippen LogP contribution in [0.4, 0.5) is 5.69 Å². The van der Waals surface area contributed by atoms with Gasteiger partial charge in [0.1, 0.15) is 0 Å². The first-order valence-corrected chi connectivity index (χ1v) is 8.28. The van der Waals surface area contributed by atoms with Crippen LogP contribution in [0.15, 0.2) is 18.3 Å². The molecule has 1 aliphatic rings. The van der Waals surface area contributed by atoms with Crippen LogP contribution < -0.4 is 5.32 Å². The van der Waals surface area contributed by atoms with Crippen LogP contribution in [-0.4, -0.2) is 20.5 Å². The molecule has 1 amide bonds. The minimum Gasteiger partial charge on any atom is -0.323 e. The lowest BCUT2D eigenvalue weighted by molar-refractivity contribution is -0.117. The van der Waals surface area contributed by atoms with Crippen molar-refractivity contribution in [1.29, 1.82) is 0 Å². The van der Waals surface area contributed by atoms with Crippen LogP contribution in [0.2, 0.25) is 0 Å². The second kappa shape index (κ2) is 6.46. The van der Waals surface area contributed by atoms with E-state index in [1.165, 1.54) is 32.1 Å². The summed E-state index contributed by atoms with van der Waals surface area (Å²) in [4.78, 5) is 16.8. The summed E-state index contributed by atoms with van der Waals surface area (Å²) in [6.07, 6.45) is 8.68. The van der Waals surface area contributed by atoms with Crippen LogP contribution in [0.3, 0.4) is 0 Å². The zero-order chi connectivity index (χ0) is 15.5. The van der Waals surface area contributed by atoms with Crippen LogP contribution in [0.25, 0.3) is 5.65 Å². The molecule has 0 spiro atoms. The van der Waals surface area contributed by atoms with Gasteiger partial charge in [0.15, 0.2) is 11.5 Å². The fourth-order valence-corrected chi connectivity index (χ4v) is 3.12. The molecule has 0 bridgehead atoms. The van der Waals surface area contributed by atoms with E-state index in [1.54, 1.807) is 4.52 Å². The second-order valence-electron chi connectivity index (χ2n) is 6.57. The Hall–Kier alpha value is -1.91. The molecule has 118 valence electrons. The number of anilines is 1. The highest BCUT2D eigenvalue weighted by molar-refractivity contribution is 5.94. The monoisotopic (exact) mass is 300 g/mol. The molecule has 2 aromatic heterocycles. The van der Waals surface area contributed by atoms with E-state index in [2.05, 4.69) is 29.2 Å². The van der Waals surface area contributed by atoms with Crippen molar-refractivity contribution in [2.75, 3.05) is 5.32 Å². The molecule has 0 atom stereocenters. The van der Waals surface area contributed by atoms with Gasteiger partial charge in [-0.25, -0.2) is 9.50 Å². The lowest BCUT2D eigenvalue weighted by Crippen LogP contribution is -2.18. The van der Waals surface area contributed by atoms with E-state index in [0.717, 1.165) is 17.2 Å². The minimum absolute atomic E-state index is 0.0918. The summed E-state index contributed by atoms with van der Waals surface area (Å²) in [6.45, 7) is 4.13. The molecule has 5 nitrogen and oxygen atoms in total. The Bertz CT molecular complexity index is 656. The first kappa shape index (κ1) is 15.0. The number of hydrogen-bond donors (Lipinski definition) is 1. The van der Waals surface area contributed by atoms with E-state index in [4.69, 9.17) is 0 Å². The van der Waals surface area contributed by atoms with Crippen molar-refractivity contribution in [2.45, 2.75) is 58.3 Å². The molecule has 1 N–H and O–H groups in total. The Balaban J connectivity index is 1.73. The van der Waals surface area contributed by atoms with Crippen LogP contribution in [0, 0.1) is 5.92 Å². The molecule has 0 aromatic carbocycles. The van der Waals surface area contributed by atoms with Crippen molar-refractivity contribution in [2.24, 2.45) is 5.92 Å². The van der Waals surface area contributed by atoms with E-state index in [0.29, 0.717) is 12.3 Å². The zero-order valence-electron chi connectivity index (χ0n) is 13.4. The van der Waals surface area contributed by atoms with Gasteiger partial charge in [-0.15, -0.1) is 0 Å². The third-order valence-corrected chi connectivity index (χ3v) is 4.37. The molecule has 1 aliphatic carbocycles. The molecule has 0 radical (unpaired) electrons. The number of amides is 1. The number of carbonyl (C=O) groups excluding carboxylic acids is 1. The fourth-order valence-electron chi connectivity index (χ4n) is 3.12. The summed E-state index contributed by atoms with van der Waals surface area (Å²) in [6, 6.07) is 3.79. The van der Waals surface area contributed by atoms with Crippen molar-refractivity contribution in [3.8, 4) is 0 Å². The van der Waals surface area contributed by atoms with Gasteiger partial charge in [0.25, 0.3) is 0 Å².